The molecule has 0 radical (unpaired) electrons. The highest BCUT2D eigenvalue weighted by Crippen LogP contribution is 2.27. The van der Waals surface area contributed by atoms with Crippen molar-refractivity contribution in [2.24, 2.45) is 0 Å². The molecular formula is C14H22Cl2N2O. The number of nitrogens with one attached hydrogen (secondary N) is 1. The lowest BCUT2D eigenvalue weighted by Crippen LogP contribution is -2.45. The SMILES string of the molecule is Cc1cc([C@@H](CCO)N2CCNCC2)ccc1Cl.Cl. The van der Waals surface area contributed by atoms with Crippen LogP contribution in [0.15, 0.2) is 18.2 Å². The number of halogens is 2. The summed E-state index contributed by atoms with van der Waals surface area (Å²) in [6, 6.07) is 6.48. The number of aliphatic hydroxyl groups excluding tert-OH is 1. The van der Waals surface area contributed by atoms with Crippen LogP contribution in [0.2, 0.25) is 5.02 Å². The van der Waals surface area contributed by atoms with Crippen molar-refractivity contribution in [2.75, 3.05) is 32.8 Å². The third-order valence-corrected chi connectivity index (χ3v) is 3.99. The standard InChI is InChI=1S/C14H21ClN2O.ClH/c1-11-10-12(2-3-13(11)15)14(4-9-18)17-7-5-16-6-8-17;/h2-3,10,14,16,18H,4-9H2,1H3;1H/t14-;/m1./s1. The molecular weight excluding hydrogens is 283 g/mol. The molecule has 2 rings (SSSR count). The van der Waals surface area contributed by atoms with Gasteiger partial charge in [0.1, 0.15) is 0 Å². The molecule has 3 nitrogen and oxygen atoms in total. The summed E-state index contributed by atoms with van der Waals surface area (Å²) in [6.07, 6.45) is 0.779. The number of aliphatic hydroxyl groups is 1. The van der Waals surface area contributed by atoms with Crippen molar-refractivity contribution in [2.45, 2.75) is 19.4 Å². The van der Waals surface area contributed by atoms with Gasteiger partial charge in [0, 0.05) is 43.9 Å². The molecule has 1 heterocycles. The lowest BCUT2D eigenvalue weighted by atomic mass is 9.99. The number of benzene rings is 1. The van der Waals surface area contributed by atoms with Gasteiger partial charge in [-0.25, -0.2) is 0 Å². The molecule has 19 heavy (non-hydrogen) atoms. The van der Waals surface area contributed by atoms with E-state index in [0.717, 1.165) is 43.2 Å². The quantitative estimate of drug-likeness (QED) is 0.896. The fourth-order valence-corrected chi connectivity index (χ4v) is 2.67. The van der Waals surface area contributed by atoms with E-state index in [2.05, 4.69) is 22.3 Å². The first-order valence-corrected chi connectivity index (χ1v) is 6.92. The molecule has 1 fully saturated rings. The summed E-state index contributed by atoms with van der Waals surface area (Å²) in [7, 11) is 0. The van der Waals surface area contributed by atoms with Gasteiger partial charge in [-0.05, 0) is 30.5 Å². The van der Waals surface area contributed by atoms with Crippen LogP contribution in [-0.2, 0) is 0 Å². The lowest BCUT2D eigenvalue weighted by molar-refractivity contribution is 0.141. The maximum atomic E-state index is 9.28. The fourth-order valence-electron chi connectivity index (χ4n) is 2.55. The smallest absolute Gasteiger partial charge is 0.0449 e. The van der Waals surface area contributed by atoms with Crippen LogP contribution in [0.25, 0.3) is 0 Å². The van der Waals surface area contributed by atoms with Gasteiger partial charge in [-0.2, -0.15) is 0 Å². The van der Waals surface area contributed by atoms with Gasteiger partial charge in [-0.1, -0.05) is 23.7 Å². The van der Waals surface area contributed by atoms with Crippen LogP contribution in [0, 0.1) is 6.92 Å². The average Bonchev–Trinajstić information content (AvgIpc) is 2.40. The van der Waals surface area contributed by atoms with E-state index in [-0.39, 0.29) is 19.0 Å². The predicted octanol–water partition coefficient (Wildman–Crippen LogP) is 2.40. The normalized spacial score (nSPS) is 17.8. The summed E-state index contributed by atoms with van der Waals surface area (Å²) in [5.41, 5.74) is 2.36. The first-order valence-electron chi connectivity index (χ1n) is 6.54. The van der Waals surface area contributed by atoms with Crippen molar-refractivity contribution in [3.8, 4) is 0 Å². The first-order chi connectivity index (χ1) is 8.72. The second-order valence-electron chi connectivity index (χ2n) is 4.82. The number of hydrogen-bond acceptors (Lipinski definition) is 3. The van der Waals surface area contributed by atoms with E-state index in [9.17, 15) is 5.11 Å². The largest absolute Gasteiger partial charge is 0.396 e. The second kappa shape index (κ2) is 8.08. The predicted molar refractivity (Wildman–Crippen MR) is 82.3 cm³/mol. The number of rotatable bonds is 4. The van der Waals surface area contributed by atoms with Crippen LogP contribution in [-0.4, -0.2) is 42.8 Å². The van der Waals surface area contributed by atoms with Crippen LogP contribution in [0.3, 0.4) is 0 Å². The number of aryl methyl sites for hydroxylation is 1. The van der Waals surface area contributed by atoms with E-state index in [1.165, 1.54) is 5.56 Å². The van der Waals surface area contributed by atoms with Gasteiger partial charge in [-0.15, -0.1) is 12.4 Å². The molecule has 5 heteroatoms. The van der Waals surface area contributed by atoms with E-state index in [1.807, 2.05) is 13.0 Å². The zero-order valence-electron chi connectivity index (χ0n) is 11.2. The third-order valence-electron chi connectivity index (χ3n) is 3.56. The van der Waals surface area contributed by atoms with Crippen molar-refractivity contribution in [1.82, 2.24) is 10.2 Å². The zero-order chi connectivity index (χ0) is 13.0. The highest BCUT2D eigenvalue weighted by atomic mass is 35.5. The van der Waals surface area contributed by atoms with E-state index >= 15 is 0 Å². The summed E-state index contributed by atoms with van der Waals surface area (Å²) < 4.78 is 0. The minimum absolute atomic E-state index is 0. The Morgan fingerprint density at radius 3 is 2.63 bits per heavy atom. The first kappa shape index (κ1) is 16.7. The van der Waals surface area contributed by atoms with Crippen LogP contribution in [0.1, 0.15) is 23.6 Å². The minimum Gasteiger partial charge on any atom is -0.396 e. The Bertz CT molecular complexity index is 395. The highest BCUT2D eigenvalue weighted by Gasteiger charge is 2.21. The second-order valence-corrected chi connectivity index (χ2v) is 5.23. The molecule has 0 unspecified atom stereocenters. The van der Waals surface area contributed by atoms with Gasteiger partial charge in [0.15, 0.2) is 0 Å². The minimum atomic E-state index is 0. The number of nitrogens with zero attached hydrogens (tertiary/aromatic N) is 1. The molecule has 1 aromatic carbocycles. The third kappa shape index (κ3) is 4.33. The monoisotopic (exact) mass is 304 g/mol. The molecule has 0 aliphatic carbocycles. The Hall–Kier alpha value is -0.320. The van der Waals surface area contributed by atoms with Gasteiger partial charge in [-0.3, -0.25) is 4.90 Å². The van der Waals surface area contributed by atoms with Crippen LogP contribution >= 0.6 is 24.0 Å². The van der Waals surface area contributed by atoms with Crippen LogP contribution < -0.4 is 5.32 Å². The molecule has 1 aromatic rings. The molecule has 0 bridgehead atoms. The van der Waals surface area contributed by atoms with E-state index in [1.54, 1.807) is 0 Å². The molecule has 1 aliphatic heterocycles. The fraction of sp³-hybridized carbons (Fsp3) is 0.571. The van der Waals surface area contributed by atoms with Gasteiger partial charge in [0.25, 0.3) is 0 Å². The Kier molecular flexibility index (Phi) is 7.11. The zero-order valence-corrected chi connectivity index (χ0v) is 12.8. The van der Waals surface area contributed by atoms with Crippen molar-refractivity contribution < 1.29 is 5.11 Å². The Morgan fingerprint density at radius 1 is 1.37 bits per heavy atom. The van der Waals surface area contributed by atoms with Gasteiger partial charge in [0.05, 0.1) is 0 Å². The molecule has 0 amide bonds. The summed E-state index contributed by atoms with van der Waals surface area (Å²) in [5, 5.41) is 13.4. The molecule has 0 aromatic heterocycles. The highest BCUT2D eigenvalue weighted by molar-refractivity contribution is 6.31. The summed E-state index contributed by atoms with van der Waals surface area (Å²) in [6.45, 7) is 6.36. The van der Waals surface area contributed by atoms with Crippen molar-refractivity contribution in [3.05, 3.63) is 34.3 Å². The Balaban J connectivity index is 0.00000180. The molecule has 0 saturated carbocycles. The van der Waals surface area contributed by atoms with Crippen molar-refractivity contribution >= 4 is 24.0 Å². The average molecular weight is 305 g/mol. The Labute approximate surface area is 126 Å². The molecule has 2 N–H and O–H groups in total. The molecule has 0 spiro atoms. The van der Waals surface area contributed by atoms with E-state index in [4.69, 9.17) is 11.6 Å². The molecule has 108 valence electrons. The topological polar surface area (TPSA) is 35.5 Å². The van der Waals surface area contributed by atoms with Crippen molar-refractivity contribution in [3.63, 3.8) is 0 Å². The van der Waals surface area contributed by atoms with Gasteiger partial charge >= 0.3 is 0 Å². The van der Waals surface area contributed by atoms with Gasteiger partial charge in [0.2, 0.25) is 0 Å². The van der Waals surface area contributed by atoms with Crippen molar-refractivity contribution in [1.29, 1.82) is 0 Å². The van der Waals surface area contributed by atoms with Crippen LogP contribution in [0.5, 0.6) is 0 Å². The summed E-state index contributed by atoms with van der Waals surface area (Å²) >= 11 is 6.08. The van der Waals surface area contributed by atoms with E-state index in [0.29, 0.717) is 6.04 Å². The Morgan fingerprint density at radius 2 is 2.05 bits per heavy atom. The lowest BCUT2D eigenvalue weighted by Gasteiger charge is -2.35. The summed E-state index contributed by atoms with van der Waals surface area (Å²) in [5.74, 6) is 0. The molecule has 1 atom stereocenters. The number of piperazine rings is 1. The summed E-state index contributed by atoms with van der Waals surface area (Å²) in [4.78, 5) is 2.44. The number of hydrogen-bond donors (Lipinski definition) is 2. The maximum absolute atomic E-state index is 9.28. The molecule has 1 aliphatic rings. The molecule has 1 saturated heterocycles. The van der Waals surface area contributed by atoms with Gasteiger partial charge < -0.3 is 10.4 Å². The van der Waals surface area contributed by atoms with Crippen LogP contribution in [0.4, 0.5) is 0 Å². The maximum Gasteiger partial charge on any atom is 0.0449 e. The van der Waals surface area contributed by atoms with E-state index < -0.39 is 0 Å².